The molecule has 2 atom stereocenters. The average Bonchev–Trinajstić information content (AvgIpc) is 2.95. The first-order valence-electron chi connectivity index (χ1n) is 14.6. The molecular weight excluding hydrogens is 513 g/mol. The Morgan fingerprint density at radius 1 is 1.12 bits per heavy atom. The third kappa shape index (κ3) is 14.9. The molecule has 1 aliphatic heterocycles. The van der Waals surface area contributed by atoms with Gasteiger partial charge in [0.2, 0.25) is 0 Å². The van der Waals surface area contributed by atoms with Crippen LogP contribution in [0.5, 0.6) is 0 Å². The van der Waals surface area contributed by atoms with Crippen molar-refractivity contribution in [1.82, 2.24) is 15.6 Å². The smallest absolute Gasteiger partial charge is 0.154 e. The van der Waals surface area contributed by atoms with Crippen molar-refractivity contribution in [3.63, 3.8) is 0 Å². The Morgan fingerprint density at radius 3 is 2.51 bits per heavy atom. The summed E-state index contributed by atoms with van der Waals surface area (Å²) in [5.41, 5.74) is 5.68. The van der Waals surface area contributed by atoms with Crippen molar-refractivity contribution in [3.8, 4) is 11.1 Å². The predicted molar refractivity (Wildman–Crippen MR) is 170 cm³/mol. The minimum atomic E-state index is -1.44. The fraction of sp³-hybridized carbons (Fsp3) is 0.457. The van der Waals surface area contributed by atoms with E-state index >= 15 is 0 Å². The van der Waals surface area contributed by atoms with Crippen LogP contribution in [0.2, 0.25) is 0 Å². The molecule has 1 aromatic heterocycles. The quantitative estimate of drug-likeness (QED) is 0.256. The largest absolute Gasteiger partial charge is 0.389 e. The van der Waals surface area contributed by atoms with Crippen molar-refractivity contribution < 1.29 is 13.9 Å². The van der Waals surface area contributed by atoms with Gasteiger partial charge in [0.15, 0.2) is 5.67 Å². The van der Waals surface area contributed by atoms with Crippen molar-refractivity contribution >= 4 is 0 Å². The Morgan fingerprint density at radius 2 is 1.90 bits per heavy atom. The molecule has 5 nitrogen and oxygen atoms in total. The number of allylic oxidation sites excluding steroid dienone is 1. The van der Waals surface area contributed by atoms with Crippen molar-refractivity contribution in [1.29, 1.82) is 0 Å². The highest BCUT2D eigenvalue weighted by atomic mass is 19.1. The molecule has 41 heavy (non-hydrogen) atoms. The van der Waals surface area contributed by atoms with E-state index in [4.69, 9.17) is 9.47 Å². The number of nitrogens with one attached hydrogen (secondary N) is 2. The molecular formula is C35H50FN3O2. The summed E-state index contributed by atoms with van der Waals surface area (Å²) in [5, 5.41) is 6.62. The molecule has 2 heterocycles. The van der Waals surface area contributed by atoms with E-state index in [2.05, 4.69) is 84.6 Å². The summed E-state index contributed by atoms with van der Waals surface area (Å²) in [5.74, 6) is 0.925. The van der Waals surface area contributed by atoms with Crippen molar-refractivity contribution in [2.24, 2.45) is 5.92 Å². The summed E-state index contributed by atoms with van der Waals surface area (Å²) in [6, 6.07) is 22.8. The Labute approximate surface area is 247 Å². The first kappa shape index (κ1) is 34.1. The van der Waals surface area contributed by atoms with Gasteiger partial charge in [0.05, 0.1) is 25.5 Å². The van der Waals surface area contributed by atoms with Gasteiger partial charge in [0.25, 0.3) is 0 Å². The standard InChI is InChI=1S/C18H21N.C11H16FNO2.C6H13N/c1-14(2)19-12-11-16-8-4-5-10-18(16)17-9-6-7-15(3)13-17;1-11(12,8-14-2)9-15-7-10-5-3-4-6-13-10;1-6-3-2-4-7-5-6/h4-10,13,19H,1,11-12H2,2-3H3;3-6H,7-9H2,1-2H3;6-7H,2-5H2,1H3. The Hall–Kier alpha value is -3.06. The normalized spacial score (nSPS) is 15.8. The SMILES string of the molecule is C=C(C)NCCc1ccccc1-c1cccc(C)c1.CC1CCCNC1.COCC(C)(F)COCc1ccccn1. The zero-order chi connectivity index (χ0) is 29.9. The lowest BCUT2D eigenvalue weighted by Crippen LogP contribution is -2.30. The molecule has 0 bridgehead atoms. The van der Waals surface area contributed by atoms with Crippen LogP contribution in [0.25, 0.3) is 11.1 Å². The molecule has 4 rings (SSSR count). The maximum absolute atomic E-state index is 13.5. The summed E-state index contributed by atoms with van der Waals surface area (Å²) in [4.78, 5) is 4.07. The predicted octanol–water partition coefficient (Wildman–Crippen LogP) is 7.31. The maximum atomic E-state index is 13.5. The third-order valence-corrected chi connectivity index (χ3v) is 6.54. The Balaban J connectivity index is 0.000000237. The molecule has 1 aliphatic rings. The van der Waals surface area contributed by atoms with Crippen LogP contribution in [0.1, 0.15) is 50.4 Å². The van der Waals surface area contributed by atoms with Gasteiger partial charge in [-0.05, 0) is 87.9 Å². The van der Waals surface area contributed by atoms with E-state index in [-0.39, 0.29) is 13.2 Å². The van der Waals surface area contributed by atoms with Gasteiger partial charge in [-0.2, -0.15) is 0 Å². The number of nitrogens with zero attached hydrogens (tertiary/aromatic N) is 1. The van der Waals surface area contributed by atoms with Crippen LogP contribution >= 0.6 is 0 Å². The number of methoxy groups -OCH3 is 1. The highest BCUT2D eigenvalue weighted by Gasteiger charge is 2.23. The van der Waals surface area contributed by atoms with Crippen LogP contribution in [-0.4, -0.2) is 50.6 Å². The van der Waals surface area contributed by atoms with E-state index in [0.29, 0.717) is 6.61 Å². The molecule has 2 aromatic carbocycles. The molecule has 6 heteroatoms. The minimum absolute atomic E-state index is 0.0113. The Kier molecular flexibility index (Phi) is 15.9. The number of halogens is 1. The highest BCUT2D eigenvalue weighted by molar-refractivity contribution is 5.68. The lowest BCUT2D eigenvalue weighted by Gasteiger charge is -2.18. The third-order valence-electron chi connectivity index (χ3n) is 6.54. The van der Waals surface area contributed by atoms with Crippen LogP contribution in [0.15, 0.2) is 85.2 Å². The molecule has 1 saturated heterocycles. The maximum Gasteiger partial charge on any atom is 0.154 e. The topological polar surface area (TPSA) is 55.4 Å². The van der Waals surface area contributed by atoms with Gasteiger partial charge in [-0.3, -0.25) is 4.98 Å². The van der Waals surface area contributed by atoms with Crippen LogP contribution in [0.4, 0.5) is 4.39 Å². The monoisotopic (exact) mass is 563 g/mol. The number of aryl methyl sites for hydroxylation is 1. The number of pyridine rings is 1. The van der Waals surface area contributed by atoms with E-state index in [9.17, 15) is 4.39 Å². The van der Waals surface area contributed by atoms with Crippen LogP contribution < -0.4 is 10.6 Å². The summed E-state index contributed by atoms with van der Waals surface area (Å²) in [7, 11) is 1.47. The van der Waals surface area contributed by atoms with E-state index in [1.165, 1.54) is 62.2 Å². The lowest BCUT2D eigenvalue weighted by atomic mass is 9.96. The van der Waals surface area contributed by atoms with Crippen molar-refractivity contribution in [3.05, 3.63) is 102 Å². The molecule has 1 fully saturated rings. The second-order valence-electron chi connectivity index (χ2n) is 11.1. The van der Waals surface area contributed by atoms with Crippen LogP contribution in [0, 0.1) is 12.8 Å². The molecule has 0 aliphatic carbocycles. The molecule has 0 spiro atoms. The van der Waals surface area contributed by atoms with Gasteiger partial charge < -0.3 is 20.1 Å². The molecule has 3 aromatic rings. The fourth-order valence-electron chi connectivity index (χ4n) is 4.46. The second kappa shape index (κ2) is 19.1. The summed E-state index contributed by atoms with van der Waals surface area (Å²) < 4.78 is 23.5. The van der Waals surface area contributed by atoms with Crippen molar-refractivity contribution in [2.45, 2.75) is 59.2 Å². The van der Waals surface area contributed by atoms with Gasteiger partial charge in [0.1, 0.15) is 0 Å². The molecule has 2 unspecified atom stereocenters. The second-order valence-corrected chi connectivity index (χ2v) is 11.1. The number of aromatic nitrogens is 1. The van der Waals surface area contributed by atoms with Gasteiger partial charge in [-0.25, -0.2) is 4.39 Å². The molecule has 0 radical (unpaired) electrons. The number of piperidine rings is 1. The number of hydrogen-bond acceptors (Lipinski definition) is 5. The summed E-state index contributed by atoms with van der Waals surface area (Å²) in [6.07, 6.45) is 5.49. The van der Waals surface area contributed by atoms with Gasteiger partial charge in [-0.15, -0.1) is 0 Å². The molecule has 0 amide bonds. The van der Waals surface area contributed by atoms with E-state index < -0.39 is 5.67 Å². The van der Waals surface area contributed by atoms with Crippen LogP contribution in [-0.2, 0) is 22.5 Å². The first-order chi connectivity index (χ1) is 19.7. The molecule has 224 valence electrons. The summed E-state index contributed by atoms with van der Waals surface area (Å²) in [6.45, 7) is 15.5. The first-order valence-corrected chi connectivity index (χ1v) is 14.6. The zero-order valence-corrected chi connectivity index (χ0v) is 25.7. The number of hydrogen-bond donors (Lipinski definition) is 2. The minimum Gasteiger partial charge on any atom is -0.389 e. The Bertz CT molecular complexity index is 1130. The van der Waals surface area contributed by atoms with Gasteiger partial charge in [0, 0.05) is 25.5 Å². The molecule has 0 saturated carbocycles. The number of ether oxygens (including phenoxy) is 2. The zero-order valence-electron chi connectivity index (χ0n) is 25.7. The number of rotatable bonds is 11. The fourth-order valence-corrected chi connectivity index (χ4v) is 4.46. The number of benzene rings is 2. The lowest BCUT2D eigenvalue weighted by molar-refractivity contribution is -0.0274. The summed E-state index contributed by atoms with van der Waals surface area (Å²) >= 11 is 0. The number of alkyl halides is 1. The van der Waals surface area contributed by atoms with E-state index in [1.807, 2.05) is 25.1 Å². The van der Waals surface area contributed by atoms with Gasteiger partial charge >= 0.3 is 0 Å². The average molecular weight is 564 g/mol. The van der Waals surface area contributed by atoms with E-state index in [0.717, 1.165) is 30.3 Å². The van der Waals surface area contributed by atoms with Gasteiger partial charge in [-0.1, -0.05) is 73.7 Å². The highest BCUT2D eigenvalue weighted by Crippen LogP contribution is 2.24. The van der Waals surface area contributed by atoms with Crippen molar-refractivity contribution in [2.75, 3.05) is 40.0 Å². The molecule has 2 N–H and O–H groups in total. The van der Waals surface area contributed by atoms with Crippen LogP contribution in [0.3, 0.4) is 0 Å². The van der Waals surface area contributed by atoms with E-state index in [1.54, 1.807) is 6.20 Å².